The number of hydrogen-bond acceptors (Lipinski definition) is 15. The molecule has 6 aromatic carbocycles. The minimum atomic E-state index is -0.971. The molecular formula is C98H138N2O12S. The Hall–Kier alpha value is -8.21. The van der Waals surface area contributed by atoms with Crippen molar-refractivity contribution in [3.8, 4) is 0 Å². The second-order valence-corrected chi connectivity index (χ2v) is 34.7. The molecule has 0 bridgehead atoms. The summed E-state index contributed by atoms with van der Waals surface area (Å²) in [5.41, 5.74) is 3.75. The summed E-state index contributed by atoms with van der Waals surface area (Å²) in [5.74, 6) is 0.847. The third-order valence-corrected chi connectivity index (χ3v) is 21.6. The number of rotatable bonds is 29. The molecule has 0 saturated heterocycles. The van der Waals surface area contributed by atoms with E-state index in [0.29, 0.717) is 41.8 Å². The zero-order valence-electron chi connectivity index (χ0n) is 72.2. The monoisotopic (exact) mass is 1570 g/mol. The molecule has 618 valence electrons. The van der Waals surface area contributed by atoms with Gasteiger partial charge in [0, 0.05) is 71.8 Å². The van der Waals surface area contributed by atoms with Gasteiger partial charge in [-0.2, -0.15) is 0 Å². The Morgan fingerprint density at radius 1 is 0.469 bits per heavy atom. The van der Waals surface area contributed by atoms with Crippen molar-refractivity contribution in [2.24, 2.45) is 58.7 Å². The largest absolute Gasteiger partial charge is 0.450 e. The van der Waals surface area contributed by atoms with Gasteiger partial charge in [-0.05, 0) is 89.2 Å². The number of ether oxygens (including phenoxy) is 1. The van der Waals surface area contributed by atoms with E-state index in [1.54, 1.807) is 58.2 Å². The number of hydrogen-bond donors (Lipinski definition) is 4. The third-order valence-electron chi connectivity index (χ3n) is 20.9. The molecule has 4 N–H and O–H groups in total. The van der Waals surface area contributed by atoms with Gasteiger partial charge in [0.25, 0.3) is 0 Å². The lowest BCUT2D eigenvalue weighted by Crippen LogP contribution is -2.43. The van der Waals surface area contributed by atoms with Gasteiger partial charge < -0.3 is 25.4 Å². The molecule has 113 heavy (non-hydrogen) atoms. The summed E-state index contributed by atoms with van der Waals surface area (Å²) in [5, 5.41) is 37.1. The van der Waals surface area contributed by atoms with Gasteiger partial charge >= 0.3 is 5.97 Å². The van der Waals surface area contributed by atoms with Gasteiger partial charge in [-0.25, -0.2) is 4.98 Å². The van der Waals surface area contributed by atoms with Gasteiger partial charge in [-0.3, -0.25) is 38.4 Å². The summed E-state index contributed by atoms with van der Waals surface area (Å²) in [6.07, 6.45) is 9.71. The summed E-state index contributed by atoms with van der Waals surface area (Å²) in [7, 11) is 0. The average Bonchev–Trinajstić information content (AvgIpc) is 1.78. The fraction of sp³-hybridized carbons (Fsp3) is 0.520. The van der Waals surface area contributed by atoms with E-state index in [1.807, 2.05) is 234 Å². The van der Waals surface area contributed by atoms with Crippen LogP contribution in [-0.4, -0.2) is 84.0 Å². The van der Waals surface area contributed by atoms with Crippen LogP contribution >= 0.6 is 11.3 Å². The van der Waals surface area contributed by atoms with E-state index in [2.05, 4.69) is 57.1 Å². The topological polar surface area (TPSA) is 231 Å². The predicted octanol–water partition coefficient (Wildman–Crippen LogP) is 22.3. The number of thiazole rings is 1. The molecule has 0 aliphatic heterocycles. The van der Waals surface area contributed by atoms with Gasteiger partial charge in [0.05, 0.1) is 29.1 Å². The first-order valence-corrected chi connectivity index (χ1v) is 42.1. The van der Waals surface area contributed by atoms with Crippen molar-refractivity contribution in [2.75, 3.05) is 5.32 Å². The zero-order chi connectivity index (χ0) is 84.9. The van der Waals surface area contributed by atoms with E-state index in [1.165, 1.54) is 49.5 Å². The normalized spacial score (nSPS) is 15.1. The van der Waals surface area contributed by atoms with Crippen molar-refractivity contribution in [2.45, 2.75) is 270 Å². The number of carbonyl (C=O) groups is 8. The van der Waals surface area contributed by atoms with Gasteiger partial charge in [-0.1, -0.05) is 353 Å². The van der Waals surface area contributed by atoms with Crippen LogP contribution < -0.4 is 5.32 Å². The lowest BCUT2D eigenvalue weighted by Gasteiger charge is -2.35. The van der Waals surface area contributed by atoms with Crippen molar-refractivity contribution in [1.82, 2.24) is 4.98 Å². The van der Waals surface area contributed by atoms with Crippen LogP contribution in [0.2, 0.25) is 0 Å². The van der Waals surface area contributed by atoms with Crippen molar-refractivity contribution < 1.29 is 58.4 Å². The maximum absolute atomic E-state index is 12.5. The highest BCUT2D eigenvalue weighted by Crippen LogP contribution is 2.44. The van der Waals surface area contributed by atoms with Crippen molar-refractivity contribution >= 4 is 62.9 Å². The molecule has 1 heterocycles. The molecule has 2 fully saturated rings. The van der Waals surface area contributed by atoms with Crippen LogP contribution in [0, 0.1) is 58.7 Å². The number of benzene rings is 6. The molecule has 0 amide bonds. The summed E-state index contributed by atoms with van der Waals surface area (Å²) in [6, 6.07) is 57.7. The van der Waals surface area contributed by atoms with Crippen LogP contribution in [0.25, 0.3) is 0 Å². The minimum absolute atomic E-state index is 0.0386. The van der Waals surface area contributed by atoms with Crippen molar-refractivity contribution in [3.05, 3.63) is 227 Å². The lowest BCUT2D eigenvalue weighted by atomic mass is 9.73. The molecule has 15 heteroatoms. The molecule has 1 aromatic heterocycles. The summed E-state index contributed by atoms with van der Waals surface area (Å²) in [4.78, 5) is 100. The van der Waals surface area contributed by atoms with Crippen LogP contribution in [-0.2, 0) is 43.1 Å². The molecule has 7 aromatic rings. The van der Waals surface area contributed by atoms with Crippen LogP contribution in [0.4, 0.5) is 5.13 Å². The molecule has 2 aliphatic carbocycles. The number of nitrogens with zero attached hydrogens (tertiary/aromatic N) is 1. The SMILES string of the molecule is CC(=O)OC(C(=O)C(C)C)c1ccccc1.CC(C)C(=O)C(Nc1nccs1)C(C)(C)C.CC(C)C(=O)C(O)c1ccccc1.CC(C)C(=O)C(c1ccccc1)C(C)C.CC(C)C(=O)C(c1ccccc1)C1(O)CCCC1.CC(C)C(=O)C(c1ccccc1)C1CCCC1.CCC(O)(CC)C(C(=O)C(C)C)c1ccccc1. The number of esters is 1. The molecule has 2 saturated carbocycles. The lowest BCUT2D eigenvalue weighted by molar-refractivity contribution is -0.154. The highest BCUT2D eigenvalue weighted by Gasteiger charge is 2.45. The Kier molecular flexibility index (Phi) is 43.4. The van der Waals surface area contributed by atoms with Crippen LogP contribution in [0.5, 0.6) is 0 Å². The van der Waals surface area contributed by atoms with E-state index in [4.69, 9.17) is 4.74 Å². The standard InChI is InChI=1S/C16H22O2.C16H24O2.C16H22O.C14H20O.C13H16O3.C12H20N2OS.C11H14O2/c1-12(2)15(17)14(13-8-4-3-5-9-13)16(18)10-6-7-11-16;1-5-16(18,6-2)14(15(17)12(3)4)13-10-8-7-9-11-13;1-12(2)16(17)15(14-10-6-7-11-14)13-8-4-3-5-9-13;1-10(2)13(14(15)11(3)4)12-8-6-5-7-9-12;1-9(2)12(15)13(16-10(3)14)11-7-5-4-6-8-11;1-8(2)9(15)10(12(3,4)5)14-11-13-6-7-16-11;1-8(2)10(12)11(13)9-6-4-3-5-7-9/h3-5,8-9,12,14,18H,6-7,10-11H2,1-2H3;7-12,14,18H,5-6H2,1-4H3;3-5,8-9,12,14-15H,6-7,10-11H2,1-2H3;5-11,13H,1-4H3;4-9,13H,1-3H3;6-8,10H,1-5H3,(H,13,14);3-8,11,13H,1-2H3. The number of aliphatic hydroxyl groups is 3. The van der Waals surface area contributed by atoms with Gasteiger partial charge in [0.1, 0.15) is 29.2 Å². The number of nitrogens with one attached hydrogen (secondary N) is 1. The molecular weight excluding hydrogens is 1430 g/mol. The Bertz CT molecular complexity index is 3810. The van der Waals surface area contributed by atoms with E-state index in [9.17, 15) is 53.7 Å². The first-order chi connectivity index (χ1) is 53.2. The van der Waals surface area contributed by atoms with Crippen LogP contribution in [0.15, 0.2) is 194 Å². The fourth-order valence-electron chi connectivity index (χ4n) is 14.2. The molecule has 2 aliphatic rings. The van der Waals surface area contributed by atoms with Crippen LogP contribution in [0.3, 0.4) is 0 Å². The Labute approximate surface area is 683 Å². The van der Waals surface area contributed by atoms with E-state index in [0.717, 1.165) is 53.1 Å². The second-order valence-electron chi connectivity index (χ2n) is 33.8. The molecule has 7 atom stereocenters. The number of anilines is 1. The Morgan fingerprint density at radius 2 is 0.841 bits per heavy atom. The van der Waals surface area contributed by atoms with Crippen molar-refractivity contribution in [3.63, 3.8) is 0 Å². The maximum atomic E-state index is 12.5. The molecule has 7 unspecified atom stereocenters. The van der Waals surface area contributed by atoms with Crippen LogP contribution in [0.1, 0.15) is 286 Å². The Balaban J connectivity index is 0.000000342. The third kappa shape index (κ3) is 32.2. The number of carbonyl (C=O) groups excluding carboxylic acids is 8. The number of Topliss-reactive ketones (excluding diaryl/α,β-unsaturated/α-hetero) is 7. The summed E-state index contributed by atoms with van der Waals surface area (Å²) < 4.78 is 5.07. The zero-order valence-corrected chi connectivity index (χ0v) is 73.0. The molecule has 9 rings (SSSR count). The van der Waals surface area contributed by atoms with E-state index < -0.39 is 35.3 Å². The minimum Gasteiger partial charge on any atom is -0.450 e. The van der Waals surface area contributed by atoms with Crippen molar-refractivity contribution in [1.29, 1.82) is 0 Å². The molecule has 14 nitrogen and oxygen atoms in total. The summed E-state index contributed by atoms with van der Waals surface area (Å²) >= 11 is 1.52. The molecule has 0 radical (unpaired) electrons. The first-order valence-electron chi connectivity index (χ1n) is 41.2. The van der Waals surface area contributed by atoms with Gasteiger partial charge in [0.15, 0.2) is 28.6 Å². The van der Waals surface area contributed by atoms with Gasteiger partial charge in [-0.15, -0.1) is 11.3 Å². The first kappa shape index (κ1) is 99.0. The predicted molar refractivity (Wildman–Crippen MR) is 463 cm³/mol. The highest BCUT2D eigenvalue weighted by molar-refractivity contribution is 7.13. The average molecular weight is 1570 g/mol. The Morgan fingerprint density at radius 3 is 1.19 bits per heavy atom. The smallest absolute Gasteiger partial charge is 0.303 e. The van der Waals surface area contributed by atoms with E-state index >= 15 is 0 Å². The quantitative estimate of drug-likeness (QED) is 0.0320. The highest BCUT2D eigenvalue weighted by atomic mass is 32.1. The van der Waals surface area contributed by atoms with E-state index in [-0.39, 0.29) is 99.6 Å². The number of ketones is 7. The second kappa shape index (κ2) is 49.5. The summed E-state index contributed by atoms with van der Waals surface area (Å²) in [6.45, 7) is 42.2. The van der Waals surface area contributed by atoms with Gasteiger partial charge in [0.2, 0.25) is 0 Å². The number of aliphatic hydroxyl groups excluding tert-OH is 1. The maximum Gasteiger partial charge on any atom is 0.303 e. The molecule has 0 spiro atoms. The fourth-order valence-corrected chi connectivity index (χ4v) is 14.8. The number of aromatic nitrogens is 1.